The summed E-state index contributed by atoms with van der Waals surface area (Å²) in [6, 6.07) is 12.0. The van der Waals surface area contributed by atoms with E-state index < -0.39 is 0 Å². The summed E-state index contributed by atoms with van der Waals surface area (Å²) in [5.41, 5.74) is 1.81. The standard InChI is InChI=1S/C20H22BrN3O4S/c1-3-18(25)22-14-5-7-15(8-6-14)23-20(29)24-19(26)13-4-9-17(16(21)12-13)28-11-10-27-2/h4-9,12H,3,10-11H2,1-2H3,(H,22,25)(H2,23,24,26,29). The Morgan fingerprint density at radius 1 is 1.03 bits per heavy atom. The smallest absolute Gasteiger partial charge is 0.257 e. The van der Waals surface area contributed by atoms with Crippen LogP contribution in [-0.2, 0) is 9.53 Å². The van der Waals surface area contributed by atoms with Crippen LogP contribution in [0.15, 0.2) is 46.9 Å². The number of hydrogen-bond donors (Lipinski definition) is 3. The molecule has 0 atom stereocenters. The van der Waals surface area contributed by atoms with Gasteiger partial charge in [0.25, 0.3) is 5.91 Å². The van der Waals surface area contributed by atoms with E-state index in [2.05, 4.69) is 31.9 Å². The second-order valence-electron chi connectivity index (χ2n) is 5.87. The van der Waals surface area contributed by atoms with Gasteiger partial charge in [0.1, 0.15) is 12.4 Å². The fraction of sp³-hybridized carbons (Fsp3) is 0.250. The first kappa shape index (κ1) is 22.8. The Morgan fingerprint density at radius 3 is 2.28 bits per heavy atom. The van der Waals surface area contributed by atoms with E-state index in [9.17, 15) is 9.59 Å². The molecule has 0 aliphatic heterocycles. The SMILES string of the molecule is CCC(=O)Nc1ccc(NC(=S)NC(=O)c2ccc(OCCOC)c(Br)c2)cc1. The number of carbonyl (C=O) groups is 2. The molecule has 0 aliphatic rings. The van der Waals surface area contributed by atoms with E-state index in [1.54, 1.807) is 56.5 Å². The van der Waals surface area contributed by atoms with Crippen LogP contribution >= 0.6 is 28.1 Å². The Bertz CT molecular complexity index is 875. The van der Waals surface area contributed by atoms with E-state index in [1.165, 1.54) is 0 Å². The molecule has 0 spiro atoms. The van der Waals surface area contributed by atoms with Crippen LogP contribution in [0, 0.1) is 0 Å². The fourth-order valence-electron chi connectivity index (χ4n) is 2.22. The van der Waals surface area contributed by atoms with Gasteiger partial charge in [-0.1, -0.05) is 6.92 Å². The van der Waals surface area contributed by atoms with Gasteiger partial charge < -0.3 is 20.1 Å². The molecule has 0 heterocycles. The van der Waals surface area contributed by atoms with Gasteiger partial charge in [-0.15, -0.1) is 0 Å². The van der Waals surface area contributed by atoms with Crippen LogP contribution in [0.25, 0.3) is 0 Å². The van der Waals surface area contributed by atoms with Crippen LogP contribution in [-0.4, -0.2) is 37.3 Å². The highest BCUT2D eigenvalue weighted by Gasteiger charge is 2.11. The molecule has 0 fully saturated rings. The molecule has 0 saturated carbocycles. The number of methoxy groups -OCH3 is 1. The largest absolute Gasteiger partial charge is 0.490 e. The number of anilines is 2. The van der Waals surface area contributed by atoms with Crippen molar-refractivity contribution < 1.29 is 19.1 Å². The van der Waals surface area contributed by atoms with Gasteiger partial charge in [0.05, 0.1) is 11.1 Å². The van der Waals surface area contributed by atoms with Crippen LogP contribution < -0.4 is 20.7 Å². The second-order valence-corrected chi connectivity index (χ2v) is 7.14. The van der Waals surface area contributed by atoms with Crippen molar-refractivity contribution in [2.24, 2.45) is 0 Å². The highest BCUT2D eigenvalue weighted by atomic mass is 79.9. The first-order valence-electron chi connectivity index (χ1n) is 8.86. The lowest BCUT2D eigenvalue weighted by Gasteiger charge is -2.12. The molecular weight excluding hydrogens is 458 g/mol. The Morgan fingerprint density at radius 2 is 1.69 bits per heavy atom. The summed E-state index contributed by atoms with van der Waals surface area (Å²) in [5, 5.41) is 8.49. The van der Waals surface area contributed by atoms with Crippen molar-refractivity contribution in [3.8, 4) is 5.75 Å². The summed E-state index contributed by atoms with van der Waals surface area (Å²) in [6.45, 7) is 2.67. The summed E-state index contributed by atoms with van der Waals surface area (Å²) in [5.74, 6) is 0.211. The van der Waals surface area contributed by atoms with Gasteiger partial charge in [0, 0.05) is 30.5 Å². The van der Waals surface area contributed by atoms with E-state index in [-0.39, 0.29) is 16.9 Å². The molecule has 3 N–H and O–H groups in total. The lowest BCUT2D eigenvalue weighted by Crippen LogP contribution is -2.34. The average Bonchev–Trinajstić information content (AvgIpc) is 2.70. The predicted octanol–water partition coefficient (Wildman–Crippen LogP) is 3.95. The number of carbonyl (C=O) groups excluding carboxylic acids is 2. The van der Waals surface area contributed by atoms with Gasteiger partial charge in [0.2, 0.25) is 5.91 Å². The number of halogens is 1. The van der Waals surface area contributed by atoms with Crippen LogP contribution in [0.3, 0.4) is 0 Å². The van der Waals surface area contributed by atoms with Crippen LogP contribution in [0.2, 0.25) is 0 Å². The van der Waals surface area contributed by atoms with Crippen molar-refractivity contribution >= 4 is 56.4 Å². The lowest BCUT2D eigenvalue weighted by molar-refractivity contribution is -0.115. The monoisotopic (exact) mass is 479 g/mol. The van der Waals surface area contributed by atoms with Crippen LogP contribution in [0.5, 0.6) is 5.75 Å². The Balaban J connectivity index is 1.90. The minimum absolute atomic E-state index is 0.0604. The van der Waals surface area contributed by atoms with E-state index in [0.717, 1.165) is 0 Å². The molecule has 154 valence electrons. The van der Waals surface area contributed by atoms with Crippen LogP contribution in [0.1, 0.15) is 23.7 Å². The third kappa shape index (κ3) is 7.45. The van der Waals surface area contributed by atoms with Gasteiger partial charge >= 0.3 is 0 Å². The molecule has 0 saturated heterocycles. The third-order valence-corrected chi connectivity index (χ3v) is 4.54. The molecule has 0 bridgehead atoms. The van der Waals surface area contributed by atoms with Crippen molar-refractivity contribution in [2.45, 2.75) is 13.3 Å². The predicted molar refractivity (Wildman–Crippen MR) is 121 cm³/mol. The summed E-state index contributed by atoms with van der Waals surface area (Å²) in [7, 11) is 1.60. The molecule has 2 aromatic rings. The topological polar surface area (TPSA) is 88.7 Å². The second kappa shape index (κ2) is 11.5. The number of thiocarbonyl (C=S) groups is 1. The maximum absolute atomic E-state index is 12.4. The Hall–Kier alpha value is -2.49. The summed E-state index contributed by atoms with van der Waals surface area (Å²) in [6.07, 6.45) is 0.409. The molecule has 0 aliphatic carbocycles. The summed E-state index contributed by atoms with van der Waals surface area (Å²) < 4.78 is 11.1. The fourth-order valence-corrected chi connectivity index (χ4v) is 2.92. The summed E-state index contributed by atoms with van der Waals surface area (Å²) in [4.78, 5) is 23.8. The van der Waals surface area contributed by atoms with Crippen molar-refractivity contribution in [2.75, 3.05) is 31.0 Å². The van der Waals surface area contributed by atoms with E-state index in [4.69, 9.17) is 21.7 Å². The first-order valence-corrected chi connectivity index (χ1v) is 10.1. The van der Waals surface area contributed by atoms with E-state index in [1.807, 2.05) is 0 Å². The van der Waals surface area contributed by atoms with Gasteiger partial charge in [-0.2, -0.15) is 0 Å². The molecule has 0 radical (unpaired) electrons. The zero-order valence-corrected chi connectivity index (χ0v) is 18.5. The Labute approximate surface area is 183 Å². The third-order valence-electron chi connectivity index (χ3n) is 3.71. The van der Waals surface area contributed by atoms with Crippen molar-refractivity contribution in [1.29, 1.82) is 0 Å². The first-order chi connectivity index (χ1) is 13.9. The number of amides is 2. The van der Waals surface area contributed by atoms with Gasteiger partial charge in [-0.05, 0) is 70.6 Å². The maximum Gasteiger partial charge on any atom is 0.257 e. The van der Waals surface area contributed by atoms with Gasteiger partial charge in [-0.3, -0.25) is 14.9 Å². The molecule has 7 nitrogen and oxygen atoms in total. The van der Waals surface area contributed by atoms with Crippen molar-refractivity contribution in [3.05, 3.63) is 52.5 Å². The Kier molecular flexibility index (Phi) is 9.04. The minimum atomic E-state index is -0.349. The zero-order chi connectivity index (χ0) is 21.2. The molecule has 2 aromatic carbocycles. The summed E-state index contributed by atoms with van der Waals surface area (Å²) >= 11 is 8.59. The van der Waals surface area contributed by atoms with E-state index >= 15 is 0 Å². The average molecular weight is 480 g/mol. The number of rotatable bonds is 8. The number of benzene rings is 2. The maximum atomic E-state index is 12.4. The van der Waals surface area contributed by atoms with Crippen LogP contribution in [0.4, 0.5) is 11.4 Å². The lowest BCUT2D eigenvalue weighted by atomic mass is 10.2. The number of ether oxygens (including phenoxy) is 2. The zero-order valence-electron chi connectivity index (χ0n) is 16.1. The highest BCUT2D eigenvalue weighted by molar-refractivity contribution is 9.10. The van der Waals surface area contributed by atoms with Crippen molar-refractivity contribution in [3.63, 3.8) is 0 Å². The number of hydrogen-bond acceptors (Lipinski definition) is 5. The normalized spacial score (nSPS) is 10.2. The van der Waals surface area contributed by atoms with E-state index in [0.29, 0.717) is 46.8 Å². The van der Waals surface area contributed by atoms with Gasteiger partial charge in [-0.25, -0.2) is 0 Å². The molecule has 0 aromatic heterocycles. The molecule has 0 unspecified atom stereocenters. The van der Waals surface area contributed by atoms with Gasteiger partial charge in [0.15, 0.2) is 5.11 Å². The van der Waals surface area contributed by atoms with Crippen molar-refractivity contribution in [1.82, 2.24) is 5.32 Å². The number of nitrogens with one attached hydrogen (secondary N) is 3. The highest BCUT2D eigenvalue weighted by Crippen LogP contribution is 2.26. The molecule has 2 amide bonds. The molecule has 29 heavy (non-hydrogen) atoms. The molecular formula is C20H22BrN3O4S. The molecule has 2 rings (SSSR count). The quantitative estimate of drug-likeness (QED) is 0.392. The minimum Gasteiger partial charge on any atom is -0.490 e. The molecule has 9 heteroatoms.